The van der Waals surface area contributed by atoms with E-state index in [9.17, 15) is 14.0 Å². The molecule has 3 rings (SSSR count). The fourth-order valence-electron chi connectivity index (χ4n) is 2.28. The average Bonchev–Trinajstić information content (AvgIpc) is 3.04. The molecule has 1 aliphatic rings. The molecule has 0 unspecified atom stereocenters. The van der Waals surface area contributed by atoms with Crippen LogP contribution in [0.5, 0.6) is 11.5 Å². The van der Waals surface area contributed by atoms with Gasteiger partial charge in [0, 0.05) is 11.8 Å². The summed E-state index contributed by atoms with van der Waals surface area (Å²) in [4.78, 5) is 24.0. The average molecular weight is 345 g/mol. The maximum atomic E-state index is 12.8. The molecular weight excluding hydrogens is 329 g/mol. The number of ether oxygens (including phenoxy) is 3. The highest BCUT2D eigenvalue weighted by Gasteiger charge is 2.20. The van der Waals surface area contributed by atoms with E-state index in [0.717, 1.165) is 0 Å². The van der Waals surface area contributed by atoms with E-state index in [1.165, 1.54) is 31.2 Å². The zero-order valence-electron chi connectivity index (χ0n) is 13.5. The molecule has 0 aliphatic carbocycles. The molecule has 1 heterocycles. The monoisotopic (exact) mass is 345 g/mol. The van der Waals surface area contributed by atoms with E-state index in [2.05, 4.69) is 5.32 Å². The quantitative estimate of drug-likeness (QED) is 0.844. The smallest absolute Gasteiger partial charge is 0.311 e. The third-order valence-corrected chi connectivity index (χ3v) is 3.58. The van der Waals surface area contributed by atoms with Gasteiger partial charge in [0.15, 0.2) is 17.6 Å². The molecule has 0 radical (unpaired) electrons. The summed E-state index contributed by atoms with van der Waals surface area (Å²) in [6, 6.07) is 10.5. The Morgan fingerprint density at radius 3 is 2.64 bits per heavy atom. The number of rotatable bonds is 5. The van der Waals surface area contributed by atoms with Crippen LogP contribution in [0.25, 0.3) is 0 Å². The predicted octanol–water partition coefficient (Wildman–Crippen LogP) is 2.67. The van der Waals surface area contributed by atoms with Crippen LogP contribution in [-0.2, 0) is 20.7 Å². The Balaban J connectivity index is 1.53. The number of esters is 1. The van der Waals surface area contributed by atoms with Crippen molar-refractivity contribution in [2.75, 3.05) is 12.1 Å². The largest absolute Gasteiger partial charge is 0.454 e. The van der Waals surface area contributed by atoms with Gasteiger partial charge in [-0.25, -0.2) is 4.39 Å². The standard InChI is InChI=1S/C18H16FNO5/c1-11(25-17(21)8-12-2-4-13(19)5-3-12)18(22)20-14-6-7-15-16(9-14)24-10-23-15/h2-7,9,11H,8,10H2,1H3,(H,20,22)/t11-/m0/s1. The van der Waals surface area contributed by atoms with E-state index in [0.29, 0.717) is 22.7 Å². The van der Waals surface area contributed by atoms with E-state index in [4.69, 9.17) is 14.2 Å². The van der Waals surface area contributed by atoms with Gasteiger partial charge in [-0.1, -0.05) is 12.1 Å². The lowest BCUT2D eigenvalue weighted by molar-refractivity contribution is -0.152. The Labute approximate surface area is 143 Å². The fourth-order valence-corrected chi connectivity index (χ4v) is 2.28. The Kier molecular flexibility index (Phi) is 4.83. The van der Waals surface area contributed by atoms with E-state index in [1.807, 2.05) is 0 Å². The topological polar surface area (TPSA) is 73.9 Å². The number of nitrogens with one attached hydrogen (secondary N) is 1. The molecule has 2 aromatic rings. The molecule has 0 saturated carbocycles. The first-order valence-electron chi connectivity index (χ1n) is 7.66. The first-order valence-corrected chi connectivity index (χ1v) is 7.66. The van der Waals surface area contributed by atoms with Gasteiger partial charge in [0.1, 0.15) is 5.82 Å². The minimum atomic E-state index is -0.974. The van der Waals surface area contributed by atoms with Gasteiger partial charge >= 0.3 is 5.97 Å². The molecule has 1 atom stereocenters. The van der Waals surface area contributed by atoms with Crippen LogP contribution in [0.1, 0.15) is 12.5 Å². The second-order valence-electron chi connectivity index (χ2n) is 5.49. The Morgan fingerprint density at radius 2 is 1.88 bits per heavy atom. The van der Waals surface area contributed by atoms with Gasteiger partial charge < -0.3 is 19.5 Å². The number of amides is 1. The number of carbonyl (C=O) groups is 2. The highest BCUT2D eigenvalue weighted by Crippen LogP contribution is 2.34. The van der Waals surface area contributed by atoms with Crippen molar-refractivity contribution in [3.63, 3.8) is 0 Å². The van der Waals surface area contributed by atoms with Crippen molar-refractivity contribution in [3.8, 4) is 11.5 Å². The van der Waals surface area contributed by atoms with Gasteiger partial charge in [-0.3, -0.25) is 9.59 Å². The van der Waals surface area contributed by atoms with Crippen molar-refractivity contribution in [1.29, 1.82) is 0 Å². The molecule has 0 spiro atoms. The minimum absolute atomic E-state index is 0.0398. The van der Waals surface area contributed by atoms with Crippen LogP contribution >= 0.6 is 0 Å². The highest BCUT2D eigenvalue weighted by atomic mass is 19.1. The molecule has 1 N–H and O–H groups in total. The summed E-state index contributed by atoms with van der Waals surface area (Å²) in [5, 5.41) is 2.65. The number of anilines is 1. The summed E-state index contributed by atoms with van der Waals surface area (Å²) >= 11 is 0. The van der Waals surface area contributed by atoms with Crippen LogP contribution < -0.4 is 14.8 Å². The molecule has 2 aromatic carbocycles. The lowest BCUT2D eigenvalue weighted by Gasteiger charge is -2.14. The molecule has 7 heteroatoms. The van der Waals surface area contributed by atoms with E-state index >= 15 is 0 Å². The van der Waals surface area contributed by atoms with Gasteiger partial charge in [0.25, 0.3) is 5.91 Å². The van der Waals surface area contributed by atoms with E-state index in [1.54, 1.807) is 18.2 Å². The second kappa shape index (κ2) is 7.21. The van der Waals surface area contributed by atoms with Crippen LogP contribution in [0.4, 0.5) is 10.1 Å². The van der Waals surface area contributed by atoms with Crippen molar-refractivity contribution in [2.24, 2.45) is 0 Å². The summed E-state index contributed by atoms with van der Waals surface area (Å²) < 4.78 is 28.4. The summed E-state index contributed by atoms with van der Waals surface area (Å²) in [5.74, 6) is -0.268. The third-order valence-electron chi connectivity index (χ3n) is 3.58. The van der Waals surface area contributed by atoms with E-state index < -0.39 is 18.0 Å². The molecule has 130 valence electrons. The summed E-state index contributed by atoms with van der Waals surface area (Å²) in [6.45, 7) is 1.62. The molecule has 25 heavy (non-hydrogen) atoms. The Morgan fingerprint density at radius 1 is 1.16 bits per heavy atom. The number of fused-ring (bicyclic) bond motifs is 1. The molecule has 1 amide bonds. The maximum Gasteiger partial charge on any atom is 0.311 e. The van der Waals surface area contributed by atoms with Crippen LogP contribution in [0.15, 0.2) is 42.5 Å². The van der Waals surface area contributed by atoms with Gasteiger partial charge in [0.05, 0.1) is 6.42 Å². The third kappa shape index (κ3) is 4.26. The second-order valence-corrected chi connectivity index (χ2v) is 5.49. The summed E-state index contributed by atoms with van der Waals surface area (Å²) in [6.07, 6.45) is -1.01. The van der Waals surface area contributed by atoms with Crippen LogP contribution in [0, 0.1) is 5.82 Å². The molecule has 1 aliphatic heterocycles. The lowest BCUT2D eigenvalue weighted by Crippen LogP contribution is -2.30. The normalized spacial score (nSPS) is 13.2. The SMILES string of the molecule is C[C@H](OC(=O)Cc1ccc(F)cc1)C(=O)Nc1ccc2c(c1)OCO2. The van der Waals surface area contributed by atoms with Crippen LogP contribution in [0.3, 0.4) is 0 Å². The fraction of sp³-hybridized carbons (Fsp3) is 0.222. The van der Waals surface area contributed by atoms with Gasteiger partial charge in [-0.05, 0) is 36.8 Å². The molecule has 0 aromatic heterocycles. The molecular formula is C18H16FNO5. The van der Waals surface area contributed by atoms with E-state index in [-0.39, 0.29) is 19.0 Å². The minimum Gasteiger partial charge on any atom is -0.454 e. The number of halogens is 1. The molecule has 0 bridgehead atoms. The number of hydrogen-bond acceptors (Lipinski definition) is 5. The number of benzene rings is 2. The highest BCUT2D eigenvalue weighted by molar-refractivity contribution is 5.95. The first-order chi connectivity index (χ1) is 12.0. The zero-order valence-corrected chi connectivity index (χ0v) is 13.5. The number of carbonyl (C=O) groups excluding carboxylic acids is 2. The van der Waals surface area contributed by atoms with Crippen molar-refractivity contribution in [2.45, 2.75) is 19.4 Å². The summed E-state index contributed by atoms with van der Waals surface area (Å²) in [5.41, 5.74) is 1.12. The Bertz CT molecular complexity index is 791. The zero-order chi connectivity index (χ0) is 17.8. The predicted molar refractivity (Wildman–Crippen MR) is 86.9 cm³/mol. The van der Waals surface area contributed by atoms with Crippen molar-refractivity contribution >= 4 is 17.6 Å². The van der Waals surface area contributed by atoms with Gasteiger partial charge in [-0.2, -0.15) is 0 Å². The maximum absolute atomic E-state index is 12.8. The van der Waals surface area contributed by atoms with Crippen LogP contribution in [0.2, 0.25) is 0 Å². The Hall–Kier alpha value is -3.09. The summed E-state index contributed by atoms with van der Waals surface area (Å²) in [7, 11) is 0. The van der Waals surface area contributed by atoms with Crippen molar-refractivity contribution in [3.05, 3.63) is 53.8 Å². The molecule has 0 fully saturated rings. The van der Waals surface area contributed by atoms with Crippen LogP contribution in [-0.4, -0.2) is 24.8 Å². The molecule has 0 saturated heterocycles. The first kappa shape index (κ1) is 16.8. The van der Waals surface area contributed by atoms with Crippen molar-refractivity contribution in [1.82, 2.24) is 0 Å². The van der Waals surface area contributed by atoms with Gasteiger partial charge in [0.2, 0.25) is 6.79 Å². The molecule has 6 nitrogen and oxygen atoms in total. The van der Waals surface area contributed by atoms with Gasteiger partial charge in [-0.15, -0.1) is 0 Å². The lowest BCUT2D eigenvalue weighted by atomic mass is 10.1. The van der Waals surface area contributed by atoms with Crippen molar-refractivity contribution < 1.29 is 28.2 Å². The number of hydrogen-bond donors (Lipinski definition) is 1.